The molecule has 0 bridgehead atoms. The Morgan fingerprint density at radius 1 is 1.22 bits per heavy atom. The molecule has 2 amide bonds. The minimum atomic E-state index is -0.262. The average molecular weight is 253 g/mol. The fraction of sp³-hybridized carbons (Fsp3) is 0.846. The molecule has 0 aromatic carbocycles. The molecule has 0 aromatic rings. The molecule has 0 saturated carbocycles. The van der Waals surface area contributed by atoms with E-state index in [1.807, 2.05) is 0 Å². The van der Waals surface area contributed by atoms with Crippen molar-refractivity contribution >= 4 is 11.8 Å². The van der Waals surface area contributed by atoms with Gasteiger partial charge in [0.2, 0.25) is 11.8 Å². The first kappa shape index (κ1) is 13.3. The van der Waals surface area contributed by atoms with Crippen molar-refractivity contribution in [2.24, 2.45) is 0 Å². The number of carbonyl (C=O) groups is 2. The fourth-order valence-corrected chi connectivity index (χ4v) is 3.00. The molecule has 2 heterocycles. The SMILES string of the molecule is CNC(=O)C1CCCN1C(=O)C1CCCC(C)N1. The van der Waals surface area contributed by atoms with Gasteiger partial charge in [0, 0.05) is 19.6 Å². The van der Waals surface area contributed by atoms with Crippen LogP contribution in [0.3, 0.4) is 0 Å². The maximum absolute atomic E-state index is 12.5. The van der Waals surface area contributed by atoms with Crippen molar-refractivity contribution < 1.29 is 9.59 Å². The number of likely N-dealkylation sites (tertiary alicyclic amines) is 1. The Balaban J connectivity index is 2.01. The smallest absolute Gasteiger partial charge is 0.242 e. The lowest BCUT2D eigenvalue weighted by Crippen LogP contribution is -2.54. The van der Waals surface area contributed by atoms with Crippen molar-refractivity contribution in [1.82, 2.24) is 15.5 Å². The molecule has 0 aliphatic carbocycles. The van der Waals surface area contributed by atoms with Gasteiger partial charge in [-0.25, -0.2) is 0 Å². The summed E-state index contributed by atoms with van der Waals surface area (Å²) in [7, 11) is 1.63. The van der Waals surface area contributed by atoms with Gasteiger partial charge >= 0.3 is 0 Å². The molecule has 2 N–H and O–H groups in total. The number of amides is 2. The van der Waals surface area contributed by atoms with E-state index in [-0.39, 0.29) is 23.9 Å². The Kier molecular flexibility index (Phi) is 4.22. The quantitative estimate of drug-likeness (QED) is 0.742. The summed E-state index contributed by atoms with van der Waals surface area (Å²) in [6, 6.07) is 0.0364. The van der Waals surface area contributed by atoms with Crippen LogP contribution in [0, 0.1) is 0 Å². The molecule has 0 aromatic heterocycles. The van der Waals surface area contributed by atoms with Crippen molar-refractivity contribution in [2.45, 2.75) is 57.2 Å². The van der Waals surface area contributed by atoms with Gasteiger partial charge < -0.3 is 15.5 Å². The lowest BCUT2D eigenvalue weighted by molar-refractivity contribution is -0.140. The van der Waals surface area contributed by atoms with E-state index in [4.69, 9.17) is 0 Å². The van der Waals surface area contributed by atoms with Crippen LogP contribution in [-0.2, 0) is 9.59 Å². The van der Waals surface area contributed by atoms with Gasteiger partial charge in [0.25, 0.3) is 0 Å². The summed E-state index contributed by atoms with van der Waals surface area (Å²) in [6.07, 6.45) is 4.81. The van der Waals surface area contributed by atoms with E-state index in [0.717, 1.165) is 32.1 Å². The summed E-state index contributed by atoms with van der Waals surface area (Å²) in [5, 5.41) is 6.00. The minimum absolute atomic E-state index is 0.0373. The summed E-state index contributed by atoms with van der Waals surface area (Å²) in [5.74, 6) is 0.0670. The Labute approximate surface area is 108 Å². The molecule has 2 saturated heterocycles. The molecule has 2 rings (SSSR count). The summed E-state index contributed by atoms with van der Waals surface area (Å²) in [6.45, 7) is 2.82. The Hall–Kier alpha value is -1.10. The molecule has 3 unspecified atom stereocenters. The summed E-state index contributed by atoms with van der Waals surface area (Å²) >= 11 is 0. The van der Waals surface area contributed by atoms with Crippen molar-refractivity contribution in [2.75, 3.05) is 13.6 Å². The summed E-state index contributed by atoms with van der Waals surface area (Å²) in [5.41, 5.74) is 0. The zero-order valence-corrected chi connectivity index (χ0v) is 11.2. The number of likely N-dealkylation sites (N-methyl/N-ethyl adjacent to an activating group) is 1. The molecular formula is C13H23N3O2. The first-order chi connectivity index (χ1) is 8.63. The first-order valence-electron chi connectivity index (χ1n) is 6.91. The molecule has 0 spiro atoms. The second-order valence-electron chi connectivity index (χ2n) is 5.36. The number of rotatable bonds is 2. The van der Waals surface area contributed by atoms with Gasteiger partial charge in [0.1, 0.15) is 6.04 Å². The number of carbonyl (C=O) groups excluding carboxylic acids is 2. The fourth-order valence-electron chi connectivity index (χ4n) is 3.00. The number of hydrogen-bond donors (Lipinski definition) is 2. The molecule has 5 heteroatoms. The van der Waals surface area contributed by atoms with Crippen LogP contribution in [0.15, 0.2) is 0 Å². The van der Waals surface area contributed by atoms with Crippen LogP contribution < -0.4 is 10.6 Å². The van der Waals surface area contributed by atoms with Crippen molar-refractivity contribution in [1.29, 1.82) is 0 Å². The normalized spacial score (nSPS) is 32.3. The predicted molar refractivity (Wildman–Crippen MR) is 69.0 cm³/mol. The van der Waals surface area contributed by atoms with Crippen LogP contribution in [0.4, 0.5) is 0 Å². The highest BCUT2D eigenvalue weighted by Crippen LogP contribution is 2.21. The third-order valence-electron chi connectivity index (χ3n) is 4.00. The summed E-state index contributed by atoms with van der Waals surface area (Å²) < 4.78 is 0. The first-order valence-corrected chi connectivity index (χ1v) is 6.91. The lowest BCUT2D eigenvalue weighted by atomic mass is 9.98. The maximum atomic E-state index is 12.5. The molecule has 2 aliphatic heterocycles. The van der Waals surface area contributed by atoms with Gasteiger partial charge in [-0.15, -0.1) is 0 Å². The van der Waals surface area contributed by atoms with Crippen LogP contribution in [0.2, 0.25) is 0 Å². The summed E-state index contributed by atoms with van der Waals surface area (Å²) in [4.78, 5) is 26.0. The zero-order valence-electron chi connectivity index (χ0n) is 11.2. The molecule has 102 valence electrons. The van der Waals surface area contributed by atoms with E-state index in [1.54, 1.807) is 11.9 Å². The second kappa shape index (κ2) is 5.69. The van der Waals surface area contributed by atoms with Crippen molar-refractivity contribution in [3.05, 3.63) is 0 Å². The van der Waals surface area contributed by atoms with Crippen LogP contribution >= 0.6 is 0 Å². The van der Waals surface area contributed by atoms with E-state index in [2.05, 4.69) is 17.6 Å². The lowest BCUT2D eigenvalue weighted by Gasteiger charge is -2.33. The van der Waals surface area contributed by atoms with Crippen LogP contribution in [0.1, 0.15) is 39.0 Å². The molecule has 0 radical (unpaired) electrons. The predicted octanol–water partition coefficient (Wildman–Crippen LogP) is 0.254. The van der Waals surface area contributed by atoms with Gasteiger partial charge in [-0.2, -0.15) is 0 Å². The molecular weight excluding hydrogens is 230 g/mol. The van der Waals surface area contributed by atoms with E-state index in [0.29, 0.717) is 12.6 Å². The number of nitrogens with zero attached hydrogens (tertiary/aromatic N) is 1. The maximum Gasteiger partial charge on any atom is 0.242 e. The average Bonchev–Trinajstić information content (AvgIpc) is 2.86. The monoisotopic (exact) mass is 253 g/mol. The standard InChI is InChI=1S/C13H23N3O2/c1-9-5-3-6-10(15-9)13(18)16-8-4-7-11(16)12(17)14-2/h9-11,15H,3-8H2,1-2H3,(H,14,17). The highest BCUT2D eigenvalue weighted by atomic mass is 16.2. The van der Waals surface area contributed by atoms with Crippen molar-refractivity contribution in [3.8, 4) is 0 Å². The number of hydrogen-bond acceptors (Lipinski definition) is 3. The Morgan fingerprint density at radius 2 is 2.00 bits per heavy atom. The van der Waals surface area contributed by atoms with Gasteiger partial charge in [-0.05, 0) is 39.0 Å². The van der Waals surface area contributed by atoms with E-state index in [9.17, 15) is 9.59 Å². The second-order valence-corrected chi connectivity index (χ2v) is 5.36. The van der Waals surface area contributed by atoms with E-state index >= 15 is 0 Å². The molecule has 3 atom stereocenters. The Bertz CT molecular complexity index is 332. The largest absolute Gasteiger partial charge is 0.357 e. The molecule has 2 aliphatic rings. The zero-order chi connectivity index (χ0) is 13.1. The highest BCUT2D eigenvalue weighted by Gasteiger charge is 2.37. The van der Waals surface area contributed by atoms with Crippen molar-refractivity contribution in [3.63, 3.8) is 0 Å². The number of nitrogens with one attached hydrogen (secondary N) is 2. The van der Waals surface area contributed by atoms with Gasteiger partial charge in [0.05, 0.1) is 6.04 Å². The number of piperidine rings is 1. The van der Waals surface area contributed by atoms with Crippen LogP contribution in [0.5, 0.6) is 0 Å². The van der Waals surface area contributed by atoms with Gasteiger partial charge in [-0.3, -0.25) is 9.59 Å². The van der Waals surface area contributed by atoms with E-state index in [1.165, 1.54) is 0 Å². The minimum Gasteiger partial charge on any atom is -0.357 e. The topological polar surface area (TPSA) is 61.4 Å². The third kappa shape index (κ3) is 2.66. The van der Waals surface area contributed by atoms with E-state index < -0.39 is 0 Å². The van der Waals surface area contributed by atoms with Gasteiger partial charge in [0.15, 0.2) is 0 Å². The Morgan fingerprint density at radius 3 is 2.67 bits per heavy atom. The van der Waals surface area contributed by atoms with Gasteiger partial charge in [-0.1, -0.05) is 0 Å². The van der Waals surface area contributed by atoms with Crippen LogP contribution in [0.25, 0.3) is 0 Å². The highest BCUT2D eigenvalue weighted by molar-refractivity contribution is 5.90. The molecule has 5 nitrogen and oxygen atoms in total. The molecule has 2 fully saturated rings. The third-order valence-corrected chi connectivity index (χ3v) is 4.00. The molecule has 18 heavy (non-hydrogen) atoms. The van der Waals surface area contributed by atoms with Crippen LogP contribution in [-0.4, -0.2) is 48.4 Å².